The summed E-state index contributed by atoms with van der Waals surface area (Å²) in [6, 6.07) is 9.84. The van der Waals surface area contributed by atoms with Crippen molar-refractivity contribution < 1.29 is 19.1 Å². The second-order valence-electron chi connectivity index (χ2n) is 6.88. The topological polar surface area (TPSA) is 55.8 Å². The van der Waals surface area contributed by atoms with Crippen molar-refractivity contribution in [3.63, 3.8) is 0 Å². The second kappa shape index (κ2) is 6.84. The van der Waals surface area contributed by atoms with Gasteiger partial charge in [-0.15, -0.1) is 0 Å². The summed E-state index contributed by atoms with van der Waals surface area (Å²) in [7, 11) is -2.19. The van der Waals surface area contributed by atoms with Gasteiger partial charge in [-0.1, -0.05) is 44.2 Å². The first-order valence-corrected chi connectivity index (χ1v) is 10.6. The van der Waals surface area contributed by atoms with E-state index >= 15 is 0 Å². The van der Waals surface area contributed by atoms with Crippen LogP contribution in [0.25, 0.3) is 0 Å². The Morgan fingerprint density at radius 1 is 1.27 bits per heavy atom. The zero-order valence-corrected chi connectivity index (χ0v) is 14.8. The monoisotopic (exact) mass is 326 g/mol. The van der Waals surface area contributed by atoms with Crippen molar-refractivity contribution >= 4 is 7.14 Å². The average molecular weight is 326 g/mol. The quantitative estimate of drug-likeness (QED) is 0.816. The lowest BCUT2D eigenvalue weighted by Crippen LogP contribution is -2.40. The van der Waals surface area contributed by atoms with Crippen LogP contribution in [0.4, 0.5) is 0 Å². The van der Waals surface area contributed by atoms with Crippen molar-refractivity contribution in [1.82, 2.24) is 0 Å². The number of hydrogen-bond donors (Lipinski definition) is 1. The van der Waals surface area contributed by atoms with Crippen molar-refractivity contribution in [3.8, 4) is 0 Å². The molecule has 0 saturated carbocycles. The van der Waals surface area contributed by atoms with Gasteiger partial charge in [0.1, 0.15) is 6.61 Å². The average Bonchev–Trinajstić information content (AvgIpc) is 2.63. The molecule has 0 aromatic heterocycles. The van der Waals surface area contributed by atoms with Crippen LogP contribution in [0, 0.1) is 11.8 Å². The van der Waals surface area contributed by atoms with E-state index < -0.39 is 12.9 Å². The van der Waals surface area contributed by atoms with Crippen LogP contribution >= 0.6 is 7.14 Å². The molecule has 0 amide bonds. The third-order valence-corrected chi connectivity index (χ3v) is 5.72. The molecule has 5 heteroatoms. The minimum atomic E-state index is -2.19. The minimum absolute atomic E-state index is 0.0557. The fraction of sp³-hybridized carbons (Fsp3) is 0.647. The van der Waals surface area contributed by atoms with Gasteiger partial charge < -0.3 is 19.1 Å². The van der Waals surface area contributed by atoms with E-state index in [9.17, 15) is 9.67 Å². The first-order valence-electron chi connectivity index (χ1n) is 7.77. The van der Waals surface area contributed by atoms with Crippen LogP contribution < -0.4 is 0 Å². The zero-order chi connectivity index (χ0) is 16.4. The van der Waals surface area contributed by atoms with E-state index in [0.29, 0.717) is 12.8 Å². The highest BCUT2D eigenvalue weighted by Crippen LogP contribution is 2.46. The minimum Gasteiger partial charge on any atom is -0.371 e. The SMILES string of the molecule is CC1C(C)[C@](O)(COCc2ccccc2)O[C@H]1CP(C)(C)=O. The Bertz CT molecular complexity index is 527. The summed E-state index contributed by atoms with van der Waals surface area (Å²) in [5.41, 5.74) is 1.06. The third-order valence-electron chi connectivity index (χ3n) is 4.48. The van der Waals surface area contributed by atoms with Crippen LogP contribution in [-0.4, -0.2) is 43.1 Å². The first-order chi connectivity index (χ1) is 10.2. The Balaban J connectivity index is 1.93. The molecule has 1 aromatic rings. The van der Waals surface area contributed by atoms with E-state index in [0.717, 1.165) is 5.56 Å². The van der Waals surface area contributed by atoms with Crippen molar-refractivity contribution in [2.24, 2.45) is 11.8 Å². The maximum atomic E-state index is 12.0. The summed E-state index contributed by atoms with van der Waals surface area (Å²) in [6.45, 7) is 8.10. The summed E-state index contributed by atoms with van der Waals surface area (Å²) < 4.78 is 23.5. The van der Waals surface area contributed by atoms with Gasteiger partial charge in [0.05, 0.1) is 19.9 Å². The number of hydrogen-bond acceptors (Lipinski definition) is 4. The van der Waals surface area contributed by atoms with Gasteiger partial charge in [-0.25, -0.2) is 0 Å². The molecular formula is C17H27O4P. The molecule has 1 saturated heterocycles. The Morgan fingerprint density at radius 2 is 1.91 bits per heavy atom. The van der Waals surface area contributed by atoms with Gasteiger partial charge >= 0.3 is 0 Å². The predicted octanol–water partition coefficient (Wildman–Crippen LogP) is 3.19. The molecule has 1 aromatic carbocycles. The first kappa shape index (κ1) is 17.7. The molecule has 1 aliphatic heterocycles. The molecule has 0 bridgehead atoms. The molecule has 124 valence electrons. The molecule has 0 spiro atoms. The summed E-state index contributed by atoms with van der Waals surface area (Å²) in [5, 5.41) is 10.7. The lowest BCUT2D eigenvalue weighted by Gasteiger charge is -2.27. The maximum Gasteiger partial charge on any atom is 0.192 e. The Hall–Kier alpha value is -0.670. The van der Waals surface area contributed by atoms with Crippen LogP contribution in [0.15, 0.2) is 30.3 Å². The van der Waals surface area contributed by atoms with Crippen LogP contribution in [0.5, 0.6) is 0 Å². The van der Waals surface area contributed by atoms with Crippen LogP contribution in [0.1, 0.15) is 19.4 Å². The summed E-state index contributed by atoms with van der Waals surface area (Å²) in [5.74, 6) is -1.20. The highest BCUT2D eigenvalue weighted by molar-refractivity contribution is 7.62. The second-order valence-corrected chi connectivity index (χ2v) is 10.4. The molecule has 0 radical (unpaired) electrons. The van der Waals surface area contributed by atoms with Gasteiger partial charge in [0.15, 0.2) is 5.79 Å². The van der Waals surface area contributed by atoms with E-state index in [1.165, 1.54) is 0 Å². The molecular weight excluding hydrogens is 299 g/mol. The van der Waals surface area contributed by atoms with Crippen LogP contribution in [0.3, 0.4) is 0 Å². The lowest BCUT2D eigenvalue weighted by atomic mass is 9.89. The number of benzene rings is 1. The molecule has 1 heterocycles. The van der Waals surface area contributed by atoms with E-state index in [-0.39, 0.29) is 24.5 Å². The number of aliphatic hydroxyl groups is 1. The smallest absolute Gasteiger partial charge is 0.192 e. The largest absolute Gasteiger partial charge is 0.371 e. The van der Waals surface area contributed by atoms with Gasteiger partial charge in [0, 0.05) is 12.1 Å². The lowest BCUT2D eigenvalue weighted by molar-refractivity contribution is -0.236. The normalized spacial score (nSPS) is 32.3. The van der Waals surface area contributed by atoms with Crippen molar-refractivity contribution in [2.45, 2.75) is 32.3 Å². The molecule has 1 aliphatic rings. The van der Waals surface area contributed by atoms with E-state index in [2.05, 4.69) is 0 Å². The third kappa shape index (κ3) is 4.42. The van der Waals surface area contributed by atoms with E-state index in [4.69, 9.17) is 9.47 Å². The number of ether oxygens (including phenoxy) is 2. The van der Waals surface area contributed by atoms with E-state index in [1.807, 2.05) is 44.2 Å². The number of rotatable bonds is 6. The molecule has 4 atom stereocenters. The maximum absolute atomic E-state index is 12.0. The van der Waals surface area contributed by atoms with Gasteiger partial charge in [-0.2, -0.15) is 0 Å². The predicted molar refractivity (Wildman–Crippen MR) is 88.6 cm³/mol. The van der Waals surface area contributed by atoms with Crippen LogP contribution in [0.2, 0.25) is 0 Å². The Kier molecular flexibility index (Phi) is 5.50. The van der Waals surface area contributed by atoms with Gasteiger partial charge in [-0.3, -0.25) is 0 Å². The highest BCUT2D eigenvalue weighted by atomic mass is 31.2. The van der Waals surface area contributed by atoms with Crippen molar-refractivity contribution in [2.75, 3.05) is 26.1 Å². The molecule has 0 aliphatic carbocycles. The Labute approximate surface area is 133 Å². The van der Waals surface area contributed by atoms with E-state index in [1.54, 1.807) is 13.3 Å². The molecule has 22 heavy (non-hydrogen) atoms. The molecule has 2 unspecified atom stereocenters. The summed E-state index contributed by atoms with van der Waals surface area (Å²) in [6.07, 6.45) is 0.320. The molecule has 1 fully saturated rings. The highest BCUT2D eigenvalue weighted by Gasteiger charge is 2.50. The van der Waals surface area contributed by atoms with Crippen molar-refractivity contribution in [1.29, 1.82) is 0 Å². The fourth-order valence-corrected chi connectivity index (χ4v) is 4.18. The standard InChI is InChI=1S/C17H27O4P/c1-13-14(2)17(18,21-16(13)11-22(3,4)19)12-20-10-15-8-6-5-7-9-15/h5-9,13-14,16,18H,10-12H2,1-4H3/t13?,14?,16-,17-/m0/s1. The van der Waals surface area contributed by atoms with Gasteiger partial charge in [0.2, 0.25) is 0 Å². The zero-order valence-electron chi connectivity index (χ0n) is 13.9. The van der Waals surface area contributed by atoms with Gasteiger partial charge in [-0.05, 0) is 24.8 Å². The van der Waals surface area contributed by atoms with Crippen molar-refractivity contribution in [3.05, 3.63) is 35.9 Å². The fourth-order valence-electron chi connectivity index (χ4n) is 2.90. The van der Waals surface area contributed by atoms with Crippen LogP contribution in [-0.2, 0) is 20.6 Å². The van der Waals surface area contributed by atoms with Gasteiger partial charge in [0.25, 0.3) is 0 Å². The molecule has 1 N–H and O–H groups in total. The summed E-state index contributed by atoms with van der Waals surface area (Å²) in [4.78, 5) is 0. The summed E-state index contributed by atoms with van der Waals surface area (Å²) >= 11 is 0. The Morgan fingerprint density at radius 3 is 2.50 bits per heavy atom. The molecule has 2 rings (SSSR count). The molecule has 4 nitrogen and oxygen atoms in total.